The topological polar surface area (TPSA) is 95.3 Å². The molecular weight excluding hydrogens is 372 g/mol. The molecule has 8 nitrogen and oxygen atoms in total. The molecule has 1 amide bonds. The molecule has 0 atom stereocenters. The predicted molar refractivity (Wildman–Crippen MR) is 109 cm³/mol. The molecule has 29 heavy (non-hydrogen) atoms. The third kappa shape index (κ3) is 3.78. The zero-order chi connectivity index (χ0) is 20.4. The van der Waals surface area contributed by atoms with Gasteiger partial charge in [0.1, 0.15) is 24.4 Å². The van der Waals surface area contributed by atoms with Crippen LogP contribution in [0.15, 0.2) is 35.4 Å². The SMILES string of the molecule is COc1ccc(OC)c(NC(=O)Cn2cnc3nc4c(cc3c2=O)CCCC4)c1. The van der Waals surface area contributed by atoms with Crippen LogP contribution in [0.5, 0.6) is 11.5 Å². The fourth-order valence-electron chi connectivity index (χ4n) is 3.58. The molecule has 1 aliphatic rings. The molecule has 0 bridgehead atoms. The van der Waals surface area contributed by atoms with Crippen LogP contribution in [-0.4, -0.2) is 34.7 Å². The Morgan fingerprint density at radius 3 is 2.79 bits per heavy atom. The molecule has 0 unspecified atom stereocenters. The minimum absolute atomic E-state index is 0.167. The summed E-state index contributed by atoms with van der Waals surface area (Å²) in [6.45, 7) is -0.167. The Balaban J connectivity index is 1.60. The molecule has 2 heterocycles. The minimum Gasteiger partial charge on any atom is -0.497 e. The number of amides is 1. The van der Waals surface area contributed by atoms with Crippen molar-refractivity contribution >= 4 is 22.6 Å². The van der Waals surface area contributed by atoms with Crippen molar-refractivity contribution in [1.82, 2.24) is 14.5 Å². The van der Waals surface area contributed by atoms with Crippen molar-refractivity contribution in [2.24, 2.45) is 0 Å². The zero-order valence-corrected chi connectivity index (χ0v) is 16.4. The highest BCUT2D eigenvalue weighted by Gasteiger charge is 2.16. The van der Waals surface area contributed by atoms with E-state index < -0.39 is 0 Å². The molecule has 4 rings (SSSR count). The second-order valence-corrected chi connectivity index (χ2v) is 6.96. The van der Waals surface area contributed by atoms with Gasteiger partial charge in [0, 0.05) is 11.8 Å². The van der Waals surface area contributed by atoms with Crippen LogP contribution in [0.2, 0.25) is 0 Å². The van der Waals surface area contributed by atoms with E-state index in [1.165, 1.54) is 18.0 Å². The summed E-state index contributed by atoms with van der Waals surface area (Å²) >= 11 is 0. The second kappa shape index (κ2) is 7.90. The Kier molecular flexibility index (Phi) is 5.16. The van der Waals surface area contributed by atoms with Gasteiger partial charge in [-0.3, -0.25) is 14.2 Å². The molecular formula is C21H22N4O4. The van der Waals surface area contributed by atoms with E-state index in [0.29, 0.717) is 28.2 Å². The number of aryl methyl sites for hydroxylation is 2. The maximum atomic E-state index is 12.9. The number of aromatic nitrogens is 3. The van der Waals surface area contributed by atoms with Crippen molar-refractivity contribution in [3.05, 3.63) is 52.2 Å². The van der Waals surface area contributed by atoms with Crippen LogP contribution in [0.4, 0.5) is 5.69 Å². The van der Waals surface area contributed by atoms with Gasteiger partial charge >= 0.3 is 0 Å². The van der Waals surface area contributed by atoms with E-state index in [0.717, 1.165) is 36.9 Å². The summed E-state index contributed by atoms with van der Waals surface area (Å²) in [5, 5.41) is 3.21. The number of benzene rings is 1. The van der Waals surface area contributed by atoms with Crippen LogP contribution < -0.4 is 20.3 Å². The number of nitrogens with one attached hydrogen (secondary N) is 1. The van der Waals surface area contributed by atoms with Crippen molar-refractivity contribution < 1.29 is 14.3 Å². The third-order valence-electron chi connectivity index (χ3n) is 5.09. The smallest absolute Gasteiger partial charge is 0.263 e. The fourth-order valence-corrected chi connectivity index (χ4v) is 3.58. The zero-order valence-electron chi connectivity index (χ0n) is 16.4. The standard InChI is InChI=1S/C21H22N4O4/c1-28-14-7-8-18(29-2)17(10-14)23-19(26)11-25-12-22-20-15(21(25)27)9-13-5-3-4-6-16(13)24-20/h7-10,12H,3-6,11H2,1-2H3,(H,23,26). The summed E-state index contributed by atoms with van der Waals surface area (Å²) in [5.41, 5.74) is 2.75. The van der Waals surface area contributed by atoms with E-state index in [-0.39, 0.29) is 18.0 Å². The number of carbonyl (C=O) groups excluding carboxylic acids is 1. The number of ether oxygens (including phenoxy) is 2. The van der Waals surface area contributed by atoms with Gasteiger partial charge in [-0.05, 0) is 49.4 Å². The van der Waals surface area contributed by atoms with Gasteiger partial charge in [-0.15, -0.1) is 0 Å². The van der Waals surface area contributed by atoms with Crippen molar-refractivity contribution in [1.29, 1.82) is 0 Å². The highest BCUT2D eigenvalue weighted by molar-refractivity contribution is 5.92. The third-order valence-corrected chi connectivity index (χ3v) is 5.09. The van der Waals surface area contributed by atoms with Crippen LogP contribution in [0.1, 0.15) is 24.1 Å². The number of hydrogen-bond donors (Lipinski definition) is 1. The number of hydrogen-bond acceptors (Lipinski definition) is 6. The van der Waals surface area contributed by atoms with Crippen LogP contribution in [0.3, 0.4) is 0 Å². The number of rotatable bonds is 5. The minimum atomic E-state index is -0.370. The van der Waals surface area contributed by atoms with E-state index in [2.05, 4.69) is 15.3 Å². The lowest BCUT2D eigenvalue weighted by Crippen LogP contribution is -2.28. The molecule has 0 spiro atoms. The monoisotopic (exact) mass is 394 g/mol. The van der Waals surface area contributed by atoms with Gasteiger partial charge in [-0.25, -0.2) is 9.97 Å². The van der Waals surface area contributed by atoms with Crippen LogP contribution in [0.25, 0.3) is 11.0 Å². The lowest BCUT2D eigenvalue weighted by molar-refractivity contribution is -0.116. The normalized spacial score (nSPS) is 13.0. The van der Waals surface area contributed by atoms with Gasteiger partial charge in [0.2, 0.25) is 5.91 Å². The fraction of sp³-hybridized carbons (Fsp3) is 0.333. The molecule has 3 aromatic rings. The first-order valence-electron chi connectivity index (χ1n) is 9.49. The van der Waals surface area contributed by atoms with Gasteiger partial charge in [0.15, 0.2) is 5.65 Å². The Morgan fingerprint density at radius 1 is 1.17 bits per heavy atom. The highest BCUT2D eigenvalue weighted by Crippen LogP contribution is 2.28. The number of methoxy groups -OCH3 is 2. The van der Waals surface area contributed by atoms with Crippen LogP contribution in [0, 0.1) is 0 Å². The average Bonchev–Trinajstić information content (AvgIpc) is 2.74. The molecule has 0 aliphatic heterocycles. The van der Waals surface area contributed by atoms with E-state index in [9.17, 15) is 9.59 Å². The number of carbonyl (C=O) groups is 1. The van der Waals surface area contributed by atoms with Crippen LogP contribution in [-0.2, 0) is 24.2 Å². The number of anilines is 1. The maximum Gasteiger partial charge on any atom is 0.263 e. The second-order valence-electron chi connectivity index (χ2n) is 6.96. The van der Waals surface area contributed by atoms with E-state index in [1.54, 1.807) is 25.3 Å². The van der Waals surface area contributed by atoms with Gasteiger partial charge in [-0.2, -0.15) is 0 Å². The lowest BCUT2D eigenvalue weighted by Gasteiger charge is -2.15. The van der Waals surface area contributed by atoms with Crippen molar-refractivity contribution in [2.45, 2.75) is 32.2 Å². The average molecular weight is 394 g/mol. The van der Waals surface area contributed by atoms with Gasteiger partial charge in [-0.1, -0.05) is 0 Å². The first-order valence-corrected chi connectivity index (χ1v) is 9.49. The maximum absolute atomic E-state index is 12.9. The van der Waals surface area contributed by atoms with Gasteiger partial charge in [0.25, 0.3) is 5.56 Å². The van der Waals surface area contributed by atoms with Crippen LogP contribution >= 0.6 is 0 Å². The molecule has 0 radical (unpaired) electrons. The summed E-state index contributed by atoms with van der Waals surface area (Å²) in [6, 6.07) is 6.98. The van der Waals surface area contributed by atoms with E-state index in [1.807, 2.05) is 6.07 Å². The Labute approximate surface area is 167 Å². The highest BCUT2D eigenvalue weighted by atomic mass is 16.5. The molecule has 1 N–H and O–H groups in total. The summed E-state index contributed by atoms with van der Waals surface area (Å²) < 4.78 is 11.8. The molecule has 0 fully saturated rings. The summed E-state index contributed by atoms with van der Waals surface area (Å²) in [4.78, 5) is 34.3. The summed E-state index contributed by atoms with van der Waals surface area (Å²) in [5.74, 6) is 0.714. The van der Waals surface area contributed by atoms with Gasteiger partial charge in [0.05, 0.1) is 25.3 Å². The van der Waals surface area contributed by atoms with Crippen molar-refractivity contribution in [3.63, 3.8) is 0 Å². The van der Waals surface area contributed by atoms with E-state index in [4.69, 9.17) is 9.47 Å². The quantitative estimate of drug-likeness (QED) is 0.714. The van der Waals surface area contributed by atoms with Crippen molar-refractivity contribution in [2.75, 3.05) is 19.5 Å². The molecule has 8 heteroatoms. The Hall–Kier alpha value is -3.42. The molecule has 0 saturated carbocycles. The summed E-state index contributed by atoms with van der Waals surface area (Å²) in [7, 11) is 3.06. The lowest BCUT2D eigenvalue weighted by atomic mass is 9.95. The van der Waals surface area contributed by atoms with Crippen molar-refractivity contribution in [3.8, 4) is 11.5 Å². The first kappa shape index (κ1) is 18.9. The predicted octanol–water partition coefficient (Wildman–Crippen LogP) is 2.33. The molecule has 150 valence electrons. The number of nitrogens with zero attached hydrogens (tertiary/aromatic N) is 3. The molecule has 1 aromatic carbocycles. The number of pyridine rings is 1. The Morgan fingerprint density at radius 2 is 2.00 bits per heavy atom. The largest absolute Gasteiger partial charge is 0.497 e. The van der Waals surface area contributed by atoms with Gasteiger partial charge < -0.3 is 14.8 Å². The summed E-state index contributed by atoms with van der Waals surface area (Å²) in [6.07, 6.45) is 5.41. The first-order chi connectivity index (χ1) is 14.1. The molecule has 1 aliphatic carbocycles. The Bertz CT molecular complexity index is 1140. The number of fused-ring (bicyclic) bond motifs is 2. The van der Waals surface area contributed by atoms with E-state index >= 15 is 0 Å². The molecule has 0 saturated heterocycles. The molecule has 2 aromatic heterocycles.